The first-order valence-corrected chi connectivity index (χ1v) is 7.05. The van der Waals surface area contributed by atoms with E-state index in [0.717, 1.165) is 11.1 Å². The third kappa shape index (κ3) is 3.06. The van der Waals surface area contributed by atoms with Gasteiger partial charge in [0.1, 0.15) is 0 Å². The molecule has 0 radical (unpaired) electrons. The number of benzene rings is 1. The first kappa shape index (κ1) is 14.2. The highest BCUT2D eigenvalue weighted by Crippen LogP contribution is 2.20. The first-order valence-electron chi connectivity index (χ1n) is 5.61. The van der Waals surface area contributed by atoms with Gasteiger partial charge in [-0.2, -0.15) is 4.31 Å². The fourth-order valence-electron chi connectivity index (χ4n) is 1.68. The number of aliphatic hydroxyl groups excluding tert-OH is 1. The standard InChI is InChI=1S/C12H19NO3S/c1-4-13(7-8-14)17(15,16)12-9-10(2)5-6-11(12)3/h5-6,9,14H,4,7-8H2,1-3H3. The number of nitrogens with zero attached hydrogens (tertiary/aromatic N) is 1. The molecule has 0 bridgehead atoms. The smallest absolute Gasteiger partial charge is 0.243 e. The van der Waals surface area contributed by atoms with Crippen LogP contribution in [0.4, 0.5) is 0 Å². The molecule has 0 aliphatic carbocycles. The molecule has 1 aromatic carbocycles. The lowest BCUT2D eigenvalue weighted by atomic mass is 10.2. The van der Waals surface area contributed by atoms with Crippen LogP contribution < -0.4 is 0 Å². The van der Waals surface area contributed by atoms with Crippen molar-refractivity contribution in [1.82, 2.24) is 4.31 Å². The molecular weight excluding hydrogens is 238 g/mol. The van der Waals surface area contributed by atoms with E-state index in [1.54, 1.807) is 26.0 Å². The van der Waals surface area contributed by atoms with E-state index in [1.807, 2.05) is 13.0 Å². The lowest BCUT2D eigenvalue weighted by Gasteiger charge is -2.20. The zero-order chi connectivity index (χ0) is 13.1. The number of aryl methyl sites for hydroxylation is 2. The molecule has 0 aromatic heterocycles. The highest BCUT2D eigenvalue weighted by molar-refractivity contribution is 7.89. The second kappa shape index (κ2) is 5.62. The van der Waals surface area contributed by atoms with E-state index < -0.39 is 10.0 Å². The van der Waals surface area contributed by atoms with Gasteiger partial charge in [0.2, 0.25) is 10.0 Å². The Labute approximate surface area is 103 Å². The minimum atomic E-state index is -3.49. The summed E-state index contributed by atoms with van der Waals surface area (Å²) >= 11 is 0. The van der Waals surface area contributed by atoms with Gasteiger partial charge in [-0.1, -0.05) is 19.1 Å². The monoisotopic (exact) mass is 257 g/mol. The molecule has 0 saturated carbocycles. The van der Waals surface area contributed by atoms with Crippen LogP contribution in [0.1, 0.15) is 18.1 Å². The van der Waals surface area contributed by atoms with Crippen molar-refractivity contribution in [1.29, 1.82) is 0 Å². The Hall–Kier alpha value is -0.910. The molecule has 0 aliphatic rings. The molecule has 0 saturated heterocycles. The van der Waals surface area contributed by atoms with Crippen molar-refractivity contribution in [3.63, 3.8) is 0 Å². The summed E-state index contributed by atoms with van der Waals surface area (Å²) in [5.41, 5.74) is 1.64. The fourth-order valence-corrected chi connectivity index (χ4v) is 3.43. The maximum atomic E-state index is 12.3. The SMILES string of the molecule is CCN(CCO)S(=O)(=O)c1cc(C)ccc1C. The van der Waals surface area contributed by atoms with Crippen LogP contribution >= 0.6 is 0 Å². The Morgan fingerprint density at radius 1 is 1.29 bits per heavy atom. The average molecular weight is 257 g/mol. The third-order valence-corrected chi connectivity index (χ3v) is 4.78. The van der Waals surface area contributed by atoms with Gasteiger partial charge < -0.3 is 5.11 Å². The maximum absolute atomic E-state index is 12.3. The summed E-state index contributed by atoms with van der Waals surface area (Å²) in [7, 11) is -3.49. The van der Waals surface area contributed by atoms with Gasteiger partial charge in [0.05, 0.1) is 11.5 Å². The van der Waals surface area contributed by atoms with Gasteiger partial charge in [-0.15, -0.1) is 0 Å². The molecule has 0 unspecified atom stereocenters. The summed E-state index contributed by atoms with van der Waals surface area (Å²) in [6.45, 7) is 5.72. The quantitative estimate of drug-likeness (QED) is 0.865. The fraction of sp³-hybridized carbons (Fsp3) is 0.500. The molecule has 1 aromatic rings. The molecule has 1 N–H and O–H groups in total. The molecule has 17 heavy (non-hydrogen) atoms. The van der Waals surface area contributed by atoms with Crippen LogP contribution in [0.5, 0.6) is 0 Å². The topological polar surface area (TPSA) is 57.6 Å². The maximum Gasteiger partial charge on any atom is 0.243 e. The summed E-state index contributed by atoms with van der Waals surface area (Å²) < 4.78 is 26.0. The second-order valence-corrected chi connectivity index (χ2v) is 5.90. The zero-order valence-electron chi connectivity index (χ0n) is 10.5. The van der Waals surface area contributed by atoms with Crippen LogP contribution in [0, 0.1) is 13.8 Å². The Bertz CT molecular complexity index is 483. The van der Waals surface area contributed by atoms with Gasteiger partial charge in [-0.3, -0.25) is 0 Å². The van der Waals surface area contributed by atoms with Crippen molar-refractivity contribution in [2.24, 2.45) is 0 Å². The van der Waals surface area contributed by atoms with Crippen LogP contribution in [0.2, 0.25) is 0 Å². The van der Waals surface area contributed by atoms with Crippen molar-refractivity contribution < 1.29 is 13.5 Å². The summed E-state index contributed by atoms with van der Waals surface area (Å²) in [5, 5.41) is 8.90. The number of rotatable bonds is 5. The van der Waals surface area contributed by atoms with Gasteiger partial charge >= 0.3 is 0 Å². The van der Waals surface area contributed by atoms with Crippen LogP contribution in [0.15, 0.2) is 23.1 Å². The van der Waals surface area contributed by atoms with E-state index in [0.29, 0.717) is 11.4 Å². The van der Waals surface area contributed by atoms with Crippen molar-refractivity contribution in [2.75, 3.05) is 19.7 Å². The van der Waals surface area contributed by atoms with Crippen LogP contribution in [0.3, 0.4) is 0 Å². The summed E-state index contributed by atoms with van der Waals surface area (Å²) in [6, 6.07) is 5.36. The molecule has 0 spiro atoms. The van der Waals surface area contributed by atoms with Gasteiger partial charge in [0.15, 0.2) is 0 Å². The molecule has 0 fully saturated rings. The molecule has 1 rings (SSSR count). The van der Waals surface area contributed by atoms with E-state index in [4.69, 9.17) is 5.11 Å². The Balaban J connectivity index is 3.24. The molecule has 0 heterocycles. The highest BCUT2D eigenvalue weighted by atomic mass is 32.2. The van der Waals surface area contributed by atoms with Gasteiger partial charge in [-0.05, 0) is 31.0 Å². The van der Waals surface area contributed by atoms with Crippen molar-refractivity contribution in [3.8, 4) is 0 Å². The molecule has 96 valence electrons. The summed E-state index contributed by atoms with van der Waals surface area (Å²) in [5.74, 6) is 0. The minimum absolute atomic E-state index is 0.131. The van der Waals surface area contributed by atoms with Crippen molar-refractivity contribution in [2.45, 2.75) is 25.7 Å². The molecule has 0 amide bonds. The van der Waals surface area contributed by atoms with Crippen molar-refractivity contribution in [3.05, 3.63) is 29.3 Å². The van der Waals surface area contributed by atoms with Gasteiger partial charge in [0.25, 0.3) is 0 Å². The van der Waals surface area contributed by atoms with E-state index in [1.165, 1.54) is 4.31 Å². The average Bonchev–Trinajstić information content (AvgIpc) is 2.28. The Kier molecular flexibility index (Phi) is 4.68. The lowest BCUT2D eigenvalue weighted by molar-refractivity contribution is 0.257. The third-order valence-electron chi connectivity index (χ3n) is 2.66. The summed E-state index contributed by atoms with van der Waals surface area (Å²) in [4.78, 5) is 0.327. The highest BCUT2D eigenvalue weighted by Gasteiger charge is 2.24. The first-order chi connectivity index (χ1) is 7.93. The Morgan fingerprint density at radius 2 is 1.94 bits per heavy atom. The van der Waals surface area contributed by atoms with E-state index in [2.05, 4.69) is 0 Å². The number of hydrogen-bond donors (Lipinski definition) is 1. The van der Waals surface area contributed by atoms with Crippen LogP contribution in [-0.2, 0) is 10.0 Å². The van der Waals surface area contributed by atoms with Gasteiger partial charge in [0, 0.05) is 13.1 Å². The molecular formula is C12H19NO3S. The number of aliphatic hydroxyl groups is 1. The second-order valence-electron chi connectivity index (χ2n) is 3.99. The lowest BCUT2D eigenvalue weighted by Crippen LogP contribution is -2.33. The number of likely N-dealkylation sites (N-methyl/N-ethyl adjacent to an activating group) is 1. The van der Waals surface area contributed by atoms with E-state index >= 15 is 0 Å². The molecule has 0 aliphatic heterocycles. The van der Waals surface area contributed by atoms with E-state index in [9.17, 15) is 8.42 Å². The largest absolute Gasteiger partial charge is 0.395 e. The summed E-state index contributed by atoms with van der Waals surface area (Å²) in [6.07, 6.45) is 0. The number of hydrogen-bond acceptors (Lipinski definition) is 3. The predicted molar refractivity (Wildman–Crippen MR) is 67.4 cm³/mol. The van der Waals surface area contributed by atoms with Crippen LogP contribution in [0.25, 0.3) is 0 Å². The van der Waals surface area contributed by atoms with Gasteiger partial charge in [-0.25, -0.2) is 8.42 Å². The number of sulfonamides is 1. The molecule has 0 atom stereocenters. The zero-order valence-corrected chi connectivity index (χ0v) is 11.3. The predicted octanol–water partition coefficient (Wildman–Crippen LogP) is 1.31. The molecule has 5 heteroatoms. The Morgan fingerprint density at radius 3 is 2.47 bits per heavy atom. The van der Waals surface area contributed by atoms with E-state index in [-0.39, 0.29) is 13.2 Å². The van der Waals surface area contributed by atoms with Crippen LogP contribution in [-0.4, -0.2) is 37.5 Å². The molecule has 4 nitrogen and oxygen atoms in total. The van der Waals surface area contributed by atoms with Crippen molar-refractivity contribution >= 4 is 10.0 Å². The minimum Gasteiger partial charge on any atom is -0.395 e. The normalized spacial score (nSPS) is 12.1.